The molecule has 1 unspecified atom stereocenters. The normalized spacial score (nSPS) is 12.5. The van der Waals surface area contributed by atoms with Crippen LogP contribution >= 0.6 is 23.2 Å². The highest BCUT2D eigenvalue weighted by molar-refractivity contribution is 6.33. The summed E-state index contributed by atoms with van der Waals surface area (Å²) in [7, 11) is 0. The molecule has 0 aliphatic heterocycles. The fourth-order valence-corrected chi connectivity index (χ4v) is 1.77. The molecule has 1 aromatic rings. The molecule has 1 atom stereocenters. The van der Waals surface area contributed by atoms with E-state index in [-0.39, 0.29) is 5.78 Å². The van der Waals surface area contributed by atoms with Crippen molar-refractivity contribution in [3.05, 3.63) is 33.8 Å². The number of carbonyl (C=O) groups is 1. The number of hydrogen-bond donors (Lipinski definition) is 1. The van der Waals surface area contributed by atoms with Crippen LogP contribution in [0.1, 0.15) is 25.8 Å². The van der Waals surface area contributed by atoms with Crippen molar-refractivity contribution in [2.45, 2.75) is 32.7 Å². The van der Waals surface area contributed by atoms with Crippen molar-refractivity contribution in [2.24, 2.45) is 0 Å². The molecule has 0 aliphatic carbocycles. The Labute approximate surface area is 112 Å². The smallest absolute Gasteiger partial charge is 0.151 e. The first-order valence-corrected chi connectivity index (χ1v) is 6.47. The monoisotopic (exact) mass is 273 g/mol. The molecule has 0 saturated carbocycles. The Bertz CT molecular complexity index is 393. The van der Waals surface area contributed by atoms with Gasteiger partial charge in [0.15, 0.2) is 5.78 Å². The van der Waals surface area contributed by atoms with E-state index in [0.29, 0.717) is 29.1 Å². The van der Waals surface area contributed by atoms with Crippen molar-refractivity contribution >= 4 is 29.0 Å². The van der Waals surface area contributed by atoms with Crippen molar-refractivity contribution in [1.29, 1.82) is 0 Å². The maximum absolute atomic E-state index is 11.7. The van der Waals surface area contributed by atoms with Gasteiger partial charge in [-0.2, -0.15) is 0 Å². The predicted molar refractivity (Wildman–Crippen MR) is 72.9 cm³/mol. The van der Waals surface area contributed by atoms with E-state index in [2.05, 4.69) is 19.2 Å². The molecule has 2 nitrogen and oxygen atoms in total. The Morgan fingerprint density at radius 3 is 2.76 bits per heavy atom. The minimum atomic E-state index is 0.120. The van der Waals surface area contributed by atoms with E-state index in [0.717, 1.165) is 12.0 Å². The van der Waals surface area contributed by atoms with Crippen LogP contribution < -0.4 is 5.32 Å². The molecule has 0 aromatic heterocycles. The lowest BCUT2D eigenvalue weighted by Gasteiger charge is -2.10. The maximum Gasteiger partial charge on any atom is 0.151 e. The van der Waals surface area contributed by atoms with Crippen LogP contribution in [0.25, 0.3) is 0 Å². The van der Waals surface area contributed by atoms with Crippen molar-refractivity contribution < 1.29 is 4.79 Å². The standard InChI is InChI=1S/C13H17Cl2NO/c1-3-9(2)16-8-12(17)7-10-6-11(14)4-5-13(10)15/h4-6,9,16H,3,7-8H2,1-2H3. The predicted octanol–water partition coefficient (Wildman–Crippen LogP) is 3.49. The van der Waals surface area contributed by atoms with Crippen molar-refractivity contribution in [1.82, 2.24) is 5.32 Å². The third-order valence-electron chi connectivity index (χ3n) is 2.66. The minimum Gasteiger partial charge on any atom is -0.307 e. The first-order valence-electron chi connectivity index (χ1n) is 5.72. The second-order valence-corrected chi connectivity index (χ2v) is 4.99. The van der Waals surface area contributed by atoms with Crippen molar-refractivity contribution in [2.75, 3.05) is 6.54 Å². The molecular weight excluding hydrogens is 257 g/mol. The molecule has 0 saturated heterocycles. The summed E-state index contributed by atoms with van der Waals surface area (Å²) in [6.45, 7) is 4.51. The van der Waals surface area contributed by atoms with Gasteiger partial charge in [-0.1, -0.05) is 30.1 Å². The third-order valence-corrected chi connectivity index (χ3v) is 3.26. The van der Waals surface area contributed by atoms with Gasteiger partial charge >= 0.3 is 0 Å². The van der Waals surface area contributed by atoms with E-state index < -0.39 is 0 Å². The Morgan fingerprint density at radius 1 is 1.41 bits per heavy atom. The van der Waals surface area contributed by atoms with Crippen LogP contribution in [0.15, 0.2) is 18.2 Å². The van der Waals surface area contributed by atoms with Crippen LogP contribution in [-0.4, -0.2) is 18.4 Å². The molecule has 17 heavy (non-hydrogen) atoms. The SMILES string of the molecule is CCC(C)NCC(=O)Cc1cc(Cl)ccc1Cl. The largest absolute Gasteiger partial charge is 0.307 e. The molecule has 0 fully saturated rings. The van der Waals surface area contributed by atoms with Gasteiger partial charge < -0.3 is 5.32 Å². The molecular formula is C13H17Cl2NO. The highest BCUT2D eigenvalue weighted by Crippen LogP contribution is 2.21. The lowest BCUT2D eigenvalue weighted by atomic mass is 10.1. The van der Waals surface area contributed by atoms with Crippen LogP contribution in [0.3, 0.4) is 0 Å². The number of hydrogen-bond acceptors (Lipinski definition) is 2. The molecule has 94 valence electrons. The van der Waals surface area contributed by atoms with Crippen molar-refractivity contribution in [3.8, 4) is 0 Å². The number of benzene rings is 1. The molecule has 0 bridgehead atoms. The number of nitrogens with one attached hydrogen (secondary N) is 1. The number of rotatable bonds is 6. The topological polar surface area (TPSA) is 29.1 Å². The Hall–Kier alpha value is -0.570. The Balaban J connectivity index is 2.53. The zero-order valence-electron chi connectivity index (χ0n) is 10.1. The lowest BCUT2D eigenvalue weighted by molar-refractivity contribution is -0.117. The summed E-state index contributed by atoms with van der Waals surface area (Å²) in [5.74, 6) is 0.120. The second kappa shape index (κ2) is 7.00. The summed E-state index contributed by atoms with van der Waals surface area (Å²) in [5.41, 5.74) is 0.787. The van der Waals surface area contributed by atoms with E-state index in [1.807, 2.05) is 0 Å². The van der Waals surface area contributed by atoms with E-state index in [9.17, 15) is 4.79 Å². The molecule has 0 aliphatic rings. The average molecular weight is 274 g/mol. The van der Waals surface area contributed by atoms with Gasteiger partial charge in [0.1, 0.15) is 0 Å². The quantitative estimate of drug-likeness (QED) is 0.860. The number of halogens is 2. The van der Waals surface area contributed by atoms with Crippen LogP contribution in [0.4, 0.5) is 0 Å². The lowest BCUT2D eigenvalue weighted by Crippen LogP contribution is -2.31. The van der Waals surface area contributed by atoms with Crippen molar-refractivity contribution in [3.63, 3.8) is 0 Å². The summed E-state index contributed by atoms with van der Waals surface area (Å²) in [5, 5.41) is 4.35. The molecule has 0 heterocycles. The van der Waals surface area contributed by atoms with Crippen LogP contribution in [0.2, 0.25) is 10.0 Å². The molecule has 0 spiro atoms. The Morgan fingerprint density at radius 2 is 2.12 bits per heavy atom. The highest BCUT2D eigenvalue weighted by Gasteiger charge is 2.08. The fourth-order valence-electron chi connectivity index (χ4n) is 1.39. The minimum absolute atomic E-state index is 0.120. The van der Waals surface area contributed by atoms with E-state index in [1.54, 1.807) is 18.2 Å². The molecule has 0 radical (unpaired) electrons. The van der Waals surface area contributed by atoms with Gasteiger partial charge in [0.2, 0.25) is 0 Å². The van der Waals surface area contributed by atoms with Gasteiger partial charge in [-0.3, -0.25) is 4.79 Å². The van der Waals surface area contributed by atoms with Crippen LogP contribution in [-0.2, 0) is 11.2 Å². The first-order chi connectivity index (χ1) is 8.02. The second-order valence-electron chi connectivity index (χ2n) is 4.14. The van der Waals surface area contributed by atoms with Crippen LogP contribution in [0, 0.1) is 0 Å². The summed E-state index contributed by atoms with van der Waals surface area (Å²) >= 11 is 11.9. The molecule has 1 aromatic carbocycles. The van der Waals surface area contributed by atoms with E-state index in [1.165, 1.54) is 0 Å². The van der Waals surface area contributed by atoms with Crippen LogP contribution in [0.5, 0.6) is 0 Å². The molecule has 0 amide bonds. The van der Waals surface area contributed by atoms with Gasteiger partial charge in [-0.15, -0.1) is 0 Å². The average Bonchev–Trinajstić information content (AvgIpc) is 2.30. The van der Waals surface area contributed by atoms with E-state index >= 15 is 0 Å². The summed E-state index contributed by atoms with van der Waals surface area (Å²) < 4.78 is 0. The zero-order chi connectivity index (χ0) is 12.8. The maximum atomic E-state index is 11.7. The number of carbonyl (C=O) groups excluding carboxylic acids is 1. The fraction of sp³-hybridized carbons (Fsp3) is 0.462. The first kappa shape index (κ1) is 14.5. The Kier molecular flexibility index (Phi) is 5.96. The highest BCUT2D eigenvalue weighted by atomic mass is 35.5. The number of Topliss-reactive ketones (excluding diaryl/α,β-unsaturated/α-hetero) is 1. The zero-order valence-corrected chi connectivity index (χ0v) is 11.6. The van der Waals surface area contributed by atoms with Gasteiger partial charge in [0.05, 0.1) is 6.54 Å². The van der Waals surface area contributed by atoms with Gasteiger partial charge in [0, 0.05) is 22.5 Å². The van der Waals surface area contributed by atoms with Gasteiger partial charge in [0.25, 0.3) is 0 Å². The molecule has 1 rings (SSSR count). The third kappa shape index (κ3) is 5.07. The van der Waals surface area contributed by atoms with Gasteiger partial charge in [-0.25, -0.2) is 0 Å². The van der Waals surface area contributed by atoms with E-state index in [4.69, 9.17) is 23.2 Å². The molecule has 4 heteroatoms. The number of ketones is 1. The molecule has 1 N–H and O–H groups in total. The summed E-state index contributed by atoms with van der Waals surface area (Å²) in [6, 6.07) is 5.53. The summed E-state index contributed by atoms with van der Waals surface area (Å²) in [4.78, 5) is 11.7. The summed E-state index contributed by atoms with van der Waals surface area (Å²) in [6.07, 6.45) is 1.33. The van der Waals surface area contributed by atoms with Gasteiger partial charge in [-0.05, 0) is 37.1 Å².